The van der Waals surface area contributed by atoms with Crippen LogP contribution in [0.1, 0.15) is 29.7 Å². The summed E-state index contributed by atoms with van der Waals surface area (Å²) < 4.78 is 64.8. The van der Waals surface area contributed by atoms with Gasteiger partial charge in [0.2, 0.25) is 0 Å². The van der Waals surface area contributed by atoms with Crippen LogP contribution in [-0.2, 0) is 16.0 Å². The van der Waals surface area contributed by atoms with E-state index in [4.69, 9.17) is 0 Å². The molecule has 1 atom stereocenters. The zero-order valence-electron chi connectivity index (χ0n) is 18.3. The number of alkyl halides is 3. The summed E-state index contributed by atoms with van der Waals surface area (Å²) >= 11 is 0. The van der Waals surface area contributed by atoms with Crippen molar-refractivity contribution in [2.45, 2.75) is 24.0 Å². The highest BCUT2D eigenvalue weighted by atomic mass is 32.2. The van der Waals surface area contributed by atoms with Gasteiger partial charge < -0.3 is 0 Å². The first-order valence-electron chi connectivity index (χ1n) is 9.85. The minimum Gasteiger partial charge on any atom is -0.299 e. The number of allylic oxidation sites excluding steroid dienone is 1. The maximum absolute atomic E-state index is 13.5. The highest BCUT2D eigenvalue weighted by molar-refractivity contribution is 7.90. The molecule has 1 aliphatic rings. The molecule has 0 saturated heterocycles. The largest absolute Gasteiger partial charge is 0.416 e. The molecule has 35 heavy (non-hydrogen) atoms. The fourth-order valence-electron chi connectivity index (χ4n) is 3.83. The fourth-order valence-corrected chi connectivity index (χ4v) is 4.78. The lowest BCUT2D eigenvalue weighted by Gasteiger charge is -2.41. The summed E-state index contributed by atoms with van der Waals surface area (Å²) in [6, 6.07) is 10.9. The second kappa shape index (κ2) is 9.13. The van der Waals surface area contributed by atoms with E-state index >= 15 is 0 Å². The van der Waals surface area contributed by atoms with Crippen LogP contribution in [0.25, 0.3) is 0 Å². The summed E-state index contributed by atoms with van der Waals surface area (Å²) in [6.45, 7) is 0.748. The molecule has 2 aromatic carbocycles. The molecule has 0 unspecified atom stereocenters. The quantitative estimate of drug-likeness (QED) is 0.577. The zero-order chi connectivity index (χ0) is 26.1. The predicted octanol–water partition coefficient (Wildman–Crippen LogP) is 4.29. The van der Waals surface area contributed by atoms with E-state index in [9.17, 15) is 42.2 Å². The Morgan fingerprint density at radius 2 is 1.74 bits per heavy atom. The number of hydrogen-bond acceptors (Lipinski definition) is 6. The van der Waals surface area contributed by atoms with E-state index in [1.54, 1.807) is 6.07 Å². The minimum absolute atomic E-state index is 0.0188. The van der Waals surface area contributed by atoms with E-state index < -0.39 is 40.2 Å². The van der Waals surface area contributed by atoms with E-state index in [-0.39, 0.29) is 33.0 Å². The lowest BCUT2D eigenvalue weighted by Crippen LogP contribution is -2.50. The fraction of sp³-hybridized carbons (Fsp3) is 0.217. The molecule has 0 aromatic heterocycles. The van der Waals surface area contributed by atoms with Crippen LogP contribution < -0.4 is 4.90 Å². The Morgan fingerprint density at radius 3 is 2.29 bits per heavy atom. The number of urea groups is 1. The lowest BCUT2D eigenvalue weighted by molar-refractivity contribution is -0.137. The van der Waals surface area contributed by atoms with Crippen molar-refractivity contribution in [2.24, 2.45) is 0 Å². The molecule has 12 heteroatoms. The number of halogens is 3. The monoisotopic (exact) mass is 499 g/mol. The third kappa shape index (κ3) is 4.68. The van der Waals surface area contributed by atoms with Gasteiger partial charge in [-0.2, -0.15) is 29.0 Å². The molecular formula is C23H16F3N5O3S. The second-order valence-corrected chi connectivity index (χ2v) is 9.59. The van der Waals surface area contributed by atoms with Gasteiger partial charge in [0.25, 0.3) is 0 Å². The highest BCUT2D eigenvalue weighted by Gasteiger charge is 2.42. The summed E-state index contributed by atoms with van der Waals surface area (Å²) in [6.07, 6.45) is -3.80. The Hall–Kier alpha value is -4.34. The van der Waals surface area contributed by atoms with Crippen molar-refractivity contribution >= 4 is 21.6 Å². The van der Waals surface area contributed by atoms with E-state index in [0.717, 1.165) is 40.3 Å². The molecule has 0 saturated carbocycles. The summed E-state index contributed by atoms with van der Waals surface area (Å²) in [5, 5.41) is 28.5. The van der Waals surface area contributed by atoms with Crippen LogP contribution >= 0.6 is 0 Å². The third-order valence-corrected chi connectivity index (χ3v) is 6.53. The molecule has 0 aliphatic carbocycles. The molecule has 0 N–H and O–H groups in total. The number of anilines is 1. The van der Waals surface area contributed by atoms with Crippen molar-refractivity contribution in [1.82, 2.24) is 4.90 Å². The van der Waals surface area contributed by atoms with Crippen molar-refractivity contribution in [3.63, 3.8) is 0 Å². The molecule has 2 aromatic rings. The average molecular weight is 499 g/mol. The Balaban J connectivity index is 2.32. The smallest absolute Gasteiger partial charge is 0.299 e. The van der Waals surface area contributed by atoms with Crippen LogP contribution in [0.2, 0.25) is 0 Å². The topological polar surface area (TPSA) is 129 Å². The van der Waals surface area contributed by atoms with Gasteiger partial charge >= 0.3 is 12.2 Å². The molecule has 2 amide bonds. The maximum Gasteiger partial charge on any atom is 0.416 e. The number of nitrogens with zero attached hydrogens (tertiary/aromatic N) is 5. The molecule has 0 spiro atoms. The van der Waals surface area contributed by atoms with E-state index in [2.05, 4.69) is 0 Å². The Bertz CT molecular complexity index is 1480. The number of amides is 2. The maximum atomic E-state index is 13.5. The van der Waals surface area contributed by atoms with Gasteiger partial charge in [0.1, 0.15) is 6.54 Å². The van der Waals surface area contributed by atoms with Gasteiger partial charge in [-0.05, 0) is 42.8 Å². The van der Waals surface area contributed by atoms with Gasteiger partial charge in [-0.1, -0.05) is 12.1 Å². The minimum atomic E-state index is -4.69. The van der Waals surface area contributed by atoms with E-state index in [0.29, 0.717) is 0 Å². The second-order valence-electron chi connectivity index (χ2n) is 7.60. The number of sulfone groups is 1. The molecule has 1 aliphatic heterocycles. The molecular weight excluding hydrogens is 483 g/mol. The number of benzene rings is 2. The summed E-state index contributed by atoms with van der Waals surface area (Å²) in [7, 11) is -3.95. The van der Waals surface area contributed by atoms with Crippen LogP contribution in [0.15, 0.2) is 58.6 Å². The Labute approximate surface area is 199 Å². The molecule has 3 rings (SSSR count). The van der Waals surface area contributed by atoms with Gasteiger partial charge in [0.05, 0.1) is 51.5 Å². The van der Waals surface area contributed by atoms with Crippen molar-refractivity contribution in [3.8, 4) is 18.2 Å². The number of rotatable bonds is 4. The summed E-state index contributed by atoms with van der Waals surface area (Å²) in [5.74, 6) is 0. The lowest BCUT2D eigenvalue weighted by atomic mass is 9.93. The van der Waals surface area contributed by atoms with Crippen LogP contribution in [0.3, 0.4) is 0 Å². The van der Waals surface area contributed by atoms with Crippen LogP contribution in [-0.4, -0.2) is 32.1 Å². The molecule has 0 bridgehead atoms. The first-order chi connectivity index (χ1) is 16.3. The third-order valence-electron chi connectivity index (χ3n) is 5.38. The van der Waals surface area contributed by atoms with Crippen molar-refractivity contribution in [3.05, 3.63) is 70.4 Å². The molecule has 178 valence electrons. The molecule has 8 nitrogen and oxygen atoms in total. The van der Waals surface area contributed by atoms with Gasteiger partial charge in [-0.25, -0.2) is 13.2 Å². The van der Waals surface area contributed by atoms with Gasteiger partial charge in [0.15, 0.2) is 9.84 Å². The molecule has 0 fully saturated rings. The highest BCUT2D eigenvalue weighted by Crippen LogP contribution is 2.42. The Morgan fingerprint density at radius 1 is 1.06 bits per heavy atom. The van der Waals surface area contributed by atoms with Crippen molar-refractivity contribution in [1.29, 1.82) is 15.8 Å². The summed E-state index contributed by atoms with van der Waals surface area (Å²) in [4.78, 5) is 15.0. The van der Waals surface area contributed by atoms with Crippen LogP contribution in [0, 0.1) is 34.0 Å². The van der Waals surface area contributed by atoms with Gasteiger partial charge in [0, 0.05) is 12.0 Å². The molecule has 1 heterocycles. The van der Waals surface area contributed by atoms with E-state index in [1.165, 1.54) is 25.1 Å². The first kappa shape index (κ1) is 25.3. The van der Waals surface area contributed by atoms with Gasteiger partial charge in [-0.15, -0.1) is 0 Å². The van der Waals surface area contributed by atoms with Crippen molar-refractivity contribution in [2.75, 3.05) is 17.7 Å². The van der Waals surface area contributed by atoms with Crippen molar-refractivity contribution < 1.29 is 26.4 Å². The molecule has 0 radical (unpaired) electrons. The zero-order valence-corrected chi connectivity index (χ0v) is 19.1. The number of carbonyl (C=O) groups is 1. The van der Waals surface area contributed by atoms with Gasteiger partial charge in [-0.3, -0.25) is 9.80 Å². The van der Waals surface area contributed by atoms with E-state index in [1.807, 2.05) is 12.1 Å². The Kier molecular flexibility index (Phi) is 6.60. The van der Waals surface area contributed by atoms with Crippen LogP contribution in [0.5, 0.6) is 0 Å². The summed E-state index contributed by atoms with van der Waals surface area (Å²) in [5.41, 5.74) is -1.37. The predicted molar refractivity (Wildman–Crippen MR) is 117 cm³/mol. The van der Waals surface area contributed by atoms with Crippen LogP contribution in [0.4, 0.5) is 23.7 Å². The number of hydrogen-bond donors (Lipinski definition) is 0. The number of carbonyl (C=O) groups excluding carboxylic acids is 1. The number of nitriles is 3. The normalized spacial score (nSPS) is 16.5. The first-order valence-corrected chi connectivity index (χ1v) is 11.7. The standard InChI is InChI=1S/C23H16F3N5O3S/c1-14-19(13-29)21(18-7-6-15(12-28)10-20(18)35(2,33)34)30(9-8-27)22(32)31(14)17-5-3-4-16(11-17)23(24,25)26/h3-7,10-11,21H,9H2,1-2H3/t21-/m1/s1. The SMILES string of the molecule is CC1=C(C#N)[C@@H](c2ccc(C#N)cc2S(C)(=O)=O)N(CC#N)C(=O)N1c1cccc(C(F)(F)F)c1. The average Bonchev–Trinajstić information content (AvgIpc) is 2.79.